The van der Waals surface area contributed by atoms with E-state index in [0.717, 1.165) is 31.5 Å². The highest BCUT2D eigenvalue weighted by atomic mass is 19.4. The van der Waals surface area contributed by atoms with E-state index in [4.69, 9.17) is 0 Å². The summed E-state index contributed by atoms with van der Waals surface area (Å²) in [7, 11) is 0. The molecule has 6 nitrogen and oxygen atoms in total. The normalized spacial score (nSPS) is 15.2. The van der Waals surface area contributed by atoms with E-state index in [1.54, 1.807) is 18.5 Å². The van der Waals surface area contributed by atoms with E-state index < -0.39 is 11.7 Å². The van der Waals surface area contributed by atoms with Gasteiger partial charge in [0.1, 0.15) is 12.1 Å². The Hall–Kier alpha value is -3.10. The SMILES string of the molecule is O=CC=CN1CCN(c2nccc(Nc3ccc(C(F)(F)F)cc3)n2)CC1. The predicted molar refractivity (Wildman–Crippen MR) is 95.7 cm³/mol. The monoisotopic (exact) mass is 377 g/mol. The van der Waals surface area contributed by atoms with E-state index in [1.807, 2.05) is 9.80 Å². The van der Waals surface area contributed by atoms with Crippen LogP contribution < -0.4 is 10.2 Å². The number of carbonyl (C=O) groups excluding carboxylic acids is 1. The lowest BCUT2D eigenvalue weighted by Gasteiger charge is -2.34. The molecular formula is C18H18F3N5O. The fourth-order valence-electron chi connectivity index (χ4n) is 2.69. The molecule has 0 aliphatic carbocycles. The first-order valence-electron chi connectivity index (χ1n) is 8.34. The van der Waals surface area contributed by atoms with Gasteiger partial charge in [-0.1, -0.05) is 0 Å². The van der Waals surface area contributed by atoms with E-state index in [9.17, 15) is 18.0 Å². The first kappa shape index (κ1) is 18.7. The molecule has 27 heavy (non-hydrogen) atoms. The number of benzene rings is 1. The number of alkyl halides is 3. The van der Waals surface area contributed by atoms with Gasteiger partial charge >= 0.3 is 6.18 Å². The Balaban J connectivity index is 1.64. The zero-order valence-electron chi connectivity index (χ0n) is 14.4. The average Bonchev–Trinajstić information content (AvgIpc) is 2.67. The number of nitrogens with zero attached hydrogens (tertiary/aromatic N) is 4. The number of allylic oxidation sites excluding steroid dienone is 1. The maximum atomic E-state index is 12.6. The molecule has 1 aromatic heterocycles. The molecule has 0 bridgehead atoms. The highest BCUT2D eigenvalue weighted by Crippen LogP contribution is 2.30. The van der Waals surface area contributed by atoms with Gasteiger partial charge in [-0.15, -0.1) is 0 Å². The molecule has 2 aromatic rings. The smallest absolute Gasteiger partial charge is 0.374 e. The second-order valence-corrected chi connectivity index (χ2v) is 5.94. The summed E-state index contributed by atoms with van der Waals surface area (Å²) in [5.74, 6) is 1.05. The third kappa shape index (κ3) is 4.96. The molecule has 0 spiro atoms. The Bertz CT molecular complexity index is 799. The van der Waals surface area contributed by atoms with Crippen LogP contribution in [0, 0.1) is 0 Å². The summed E-state index contributed by atoms with van der Waals surface area (Å²) in [6.45, 7) is 2.88. The maximum absolute atomic E-state index is 12.6. The van der Waals surface area contributed by atoms with Crippen molar-refractivity contribution in [1.29, 1.82) is 0 Å². The Morgan fingerprint density at radius 1 is 1.04 bits per heavy atom. The van der Waals surface area contributed by atoms with Crippen molar-refractivity contribution in [2.24, 2.45) is 0 Å². The zero-order valence-corrected chi connectivity index (χ0v) is 14.4. The molecule has 142 valence electrons. The molecule has 1 fully saturated rings. The molecule has 1 aliphatic heterocycles. The highest BCUT2D eigenvalue weighted by molar-refractivity contribution is 5.64. The second kappa shape index (κ2) is 8.07. The molecule has 0 atom stereocenters. The first-order valence-corrected chi connectivity index (χ1v) is 8.34. The van der Waals surface area contributed by atoms with Crippen molar-refractivity contribution in [2.75, 3.05) is 36.4 Å². The molecule has 0 saturated carbocycles. The van der Waals surface area contributed by atoms with Gasteiger partial charge < -0.3 is 15.1 Å². The van der Waals surface area contributed by atoms with Gasteiger partial charge in [0.15, 0.2) is 0 Å². The zero-order chi connectivity index (χ0) is 19.3. The van der Waals surface area contributed by atoms with Gasteiger partial charge in [0.25, 0.3) is 0 Å². The Kier molecular flexibility index (Phi) is 5.58. The predicted octanol–water partition coefficient (Wildman–Crippen LogP) is 3.07. The summed E-state index contributed by atoms with van der Waals surface area (Å²) in [4.78, 5) is 23.1. The van der Waals surface area contributed by atoms with Crippen LogP contribution >= 0.6 is 0 Å². The van der Waals surface area contributed by atoms with Crippen molar-refractivity contribution in [1.82, 2.24) is 14.9 Å². The van der Waals surface area contributed by atoms with E-state index in [0.29, 0.717) is 30.5 Å². The summed E-state index contributed by atoms with van der Waals surface area (Å²) >= 11 is 0. The van der Waals surface area contributed by atoms with Crippen LogP contribution in [0.15, 0.2) is 48.8 Å². The summed E-state index contributed by atoms with van der Waals surface area (Å²) < 4.78 is 37.9. The molecule has 0 unspecified atom stereocenters. The van der Waals surface area contributed by atoms with Crippen LogP contribution in [0.25, 0.3) is 0 Å². The third-order valence-corrected chi connectivity index (χ3v) is 4.10. The van der Waals surface area contributed by atoms with Crippen molar-refractivity contribution in [3.8, 4) is 0 Å². The average molecular weight is 377 g/mol. The van der Waals surface area contributed by atoms with E-state index in [1.165, 1.54) is 18.2 Å². The summed E-state index contributed by atoms with van der Waals surface area (Å²) in [6.07, 6.45) is 1.21. The van der Waals surface area contributed by atoms with Gasteiger partial charge in [0.05, 0.1) is 5.56 Å². The molecule has 1 aromatic carbocycles. The Morgan fingerprint density at radius 2 is 1.74 bits per heavy atom. The number of hydrogen-bond donors (Lipinski definition) is 1. The number of anilines is 3. The van der Waals surface area contributed by atoms with Gasteiger partial charge in [-0.2, -0.15) is 18.2 Å². The number of carbonyl (C=O) groups is 1. The van der Waals surface area contributed by atoms with Crippen LogP contribution in [0.2, 0.25) is 0 Å². The third-order valence-electron chi connectivity index (χ3n) is 4.10. The van der Waals surface area contributed by atoms with Gasteiger partial charge in [0, 0.05) is 44.3 Å². The molecule has 2 heterocycles. The second-order valence-electron chi connectivity index (χ2n) is 5.94. The van der Waals surface area contributed by atoms with Crippen LogP contribution in [-0.4, -0.2) is 47.3 Å². The lowest BCUT2D eigenvalue weighted by molar-refractivity contribution is -0.137. The molecule has 3 rings (SSSR count). The number of halogens is 3. The minimum Gasteiger partial charge on any atom is -0.374 e. The lowest BCUT2D eigenvalue weighted by atomic mass is 10.2. The van der Waals surface area contributed by atoms with Gasteiger partial charge in [-0.25, -0.2) is 4.98 Å². The minimum absolute atomic E-state index is 0.503. The fourth-order valence-corrected chi connectivity index (χ4v) is 2.69. The molecule has 1 aliphatic rings. The van der Waals surface area contributed by atoms with Crippen LogP contribution in [0.5, 0.6) is 0 Å². The highest BCUT2D eigenvalue weighted by Gasteiger charge is 2.29. The van der Waals surface area contributed by atoms with Crippen LogP contribution in [0.1, 0.15) is 5.56 Å². The largest absolute Gasteiger partial charge is 0.416 e. The number of nitrogens with one attached hydrogen (secondary N) is 1. The van der Waals surface area contributed by atoms with Gasteiger partial charge in [0.2, 0.25) is 5.95 Å². The lowest BCUT2D eigenvalue weighted by Crippen LogP contribution is -2.44. The van der Waals surface area contributed by atoms with E-state index in [2.05, 4.69) is 15.3 Å². The van der Waals surface area contributed by atoms with Crippen molar-refractivity contribution in [2.45, 2.75) is 6.18 Å². The Morgan fingerprint density at radius 3 is 2.37 bits per heavy atom. The van der Waals surface area contributed by atoms with E-state index in [-0.39, 0.29) is 0 Å². The number of aromatic nitrogens is 2. The van der Waals surface area contributed by atoms with Crippen molar-refractivity contribution in [3.63, 3.8) is 0 Å². The molecular weight excluding hydrogens is 359 g/mol. The standard InChI is InChI=1S/C18H18F3N5O/c19-18(20,21)14-2-4-15(5-3-14)23-16-6-7-22-17(24-16)26-11-9-25(10-12-26)8-1-13-27/h1-8,13H,9-12H2,(H,22,23,24). The maximum Gasteiger partial charge on any atom is 0.416 e. The summed E-state index contributed by atoms with van der Waals surface area (Å²) in [5.41, 5.74) is -0.186. The topological polar surface area (TPSA) is 61.4 Å². The fraction of sp³-hybridized carbons (Fsp3) is 0.278. The van der Waals surface area contributed by atoms with Crippen molar-refractivity contribution < 1.29 is 18.0 Å². The van der Waals surface area contributed by atoms with Crippen LogP contribution in [0.4, 0.5) is 30.6 Å². The van der Waals surface area contributed by atoms with Crippen LogP contribution in [0.3, 0.4) is 0 Å². The molecule has 1 saturated heterocycles. The molecule has 9 heteroatoms. The molecule has 1 N–H and O–H groups in total. The Labute approximate surface area is 154 Å². The summed E-state index contributed by atoms with van der Waals surface area (Å²) in [6, 6.07) is 6.43. The quantitative estimate of drug-likeness (QED) is 0.638. The van der Waals surface area contributed by atoms with Gasteiger partial charge in [-0.3, -0.25) is 4.79 Å². The number of piperazine rings is 1. The van der Waals surface area contributed by atoms with Crippen molar-refractivity contribution in [3.05, 3.63) is 54.4 Å². The number of aldehydes is 1. The molecule has 0 amide bonds. The van der Waals surface area contributed by atoms with E-state index >= 15 is 0 Å². The number of hydrogen-bond acceptors (Lipinski definition) is 6. The molecule has 0 radical (unpaired) electrons. The van der Waals surface area contributed by atoms with Crippen LogP contribution in [-0.2, 0) is 11.0 Å². The minimum atomic E-state index is -4.36. The first-order chi connectivity index (χ1) is 13.0. The number of rotatable bonds is 5. The van der Waals surface area contributed by atoms with Crippen molar-refractivity contribution >= 4 is 23.7 Å². The summed E-state index contributed by atoms with van der Waals surface area (Å²) in [5, 5.41) is 2.99. The van der Waals surface area contributed by atoms with Gasteiger partial charge in [-0.05, 0) is 36.4 Å².